The van der Waals surface area contributed by atoms with Crippen molar-refractivity contribution in [3.05, 3.63) is 72.2 Å². The van der Waals surface area contributed by atoms with Crippen LogP contribution in [0.5, 0.6) is 11.5 Å². The SMILES string of the molecule is [NH]c1cc(Oc2cc(F)c(NC(=O)C3(C(=O)Nc4ccc(F)cc4)CC3)cc2F)ccn1. The molecule has 0 bridgehead atoms. The zero-order valence-electron chi connectivity index (χ0n) is 16.4. The summed E-state index contributed by atoms with van der Waals surface area (Å²) in [5, 5.41) is 4.79. The maximum atomic E-state index is 14.5. The minimum absolute atomic E-state index is 0.0921. The molecule has 1 aromatic heterocycles. The van der Waals surface area contributed by atoms with Crippen LogP contribution in [0.2, 0.25) is 0 Å². The van der Waals surface area contributed by atoms with Crippen LogP contribution in [0.25, 0.3) is 0 Å². The summed E-state index contributed by atoms with van der Waals surface area (Å²) in [6, 6.07) is 9.13. The number of hydrogen-bond acceptors (Lipinski definition) is 4. The number of carbonyl (C=O) groups excluding carboxylic acids is 2. The highest BCUT2D eigenvalue weighted by atomic mass is 19.1. The molecule has 2 aromatic carbocycles. The van der Waals surface area contributed by atoms with Crippen LogP contribution >= 0.6 is 0 Å². The van der Waals surface area contributed by atoms with Crippen LogP contribution < -0.4 is 21.1 Å². The van der Waals surface area contributed by atoms with E-state index in [1.54, 1.807) is 0 Å². The average molecular weight is 441 g/mol. The molecular formula is C22H16F3N4O3. The zero-order chi connectivity index (χ0) is 22.9. The van der Waals surface area contributed by atoms with Gasteiger partial charge in [0.15, 0.2) is 17.4 Å². The van der Waals surface area contributed by atoms with Crippen molar-refractivity contribution in [2.24, 2.45) is 5.41 Å². The molecule has 1 heterocycles. The number of ether oxygens (including phenoxy) is 1. The standard InChI is InChI=1S/C22H16F3N4O3/c23-12-1-3-13(4-2-12)28-20(30)22(6-7-22)21(31)29-17-10-16(25)18(11-15(17)24)32-14-5-8-27-19(26)9-14/h1-5,8-11,26H,6-7H2,(H,28,30)(H,29,31). The third-order valence-corrected chi connectivity index (χ3v) is 4.95. The predicted molar refractivity (Wildman–Crippen MR) is 109 cm³/mol. The fraction of sp³-hybridized carbons (Fsp3) is 0.136. The van der Waals surface area contributed by atoms with Gasteiger partial charge in [-0.3, -0.25) is 15.3 Å². The Morgan fingerprint density at radius 3 is 2.28 bits per heavy atom. The number of anilines is 2. The first kappa shape index (κ1) is 21.2. The van der Waals surface area contributed by atoms with Gasteiger partial charge in [-0.05, 0) is 43.2 Å². The van der Waals surface area contributed by atoms with Crippen molar-refractivity contribution in [2.45, 2.75) is 12.8 Å². The van der Waals surface area contributed by atoms with Crippen molar-refractivity contribution in [3.8, 4) is 11.5 Å². The fourth-order valence-corrected chi connectivity index (χ4v) is 3.01. The van der Waals surface area contributed by atoms with E-state index in [0.29, 0.717) is 5.69 Å². The lowest BCUT2D eigenvalue weighted by Crippen LogP contribution is -2.35. The second-order valence-corrected chi connectivity index (χ2v) is 7.24. The maximum Gasteiger partial charge on any atom is 0.240 e. The van der Waals surface area contributed by atoms with E-state index in [-0.39, 0.29) is 24.4 Å². The summed E-state index contributed by atoms with van der Waals surface area (Å²) in [5.74, 6) is -4.26. The van der Waals surface area contributed by atoms with Crippen LogP contribution in [0.15, 0.2) is 54.7 Å². The van der Waals surface area contributed by atoms with Crippen molar-refractivity contribution in [1.29, 1.82) is 0 Å². The second-order valence-electron chi connectivity index (χ2n) is 7.24. The van der Waals surface area contributed by atoms with E-state index in [1.165, 1.54) is 30.5 Å². The van der Waals surface area contributed by atoms with Gasteiger partial charge in [-0.25, -0.2) is 18.2 Å². The third-order valence-electron chi connectivity index (χ3n) is 4.95. The van der Waals surface area contributed by atoms with Gasteiger partial charge in [-0.15, -0.1) is 0 Å². The van der Waals surface area contributed by atoms with Gasteiger partial charge in [-0.2, -0.15) is 0 Å². The van der Waals surface area contributed by atoms with E-state index in [1.807, 2.05) is 0 Å². The molecule has 0 unspecified atom stereocenters. The monoisotopic (exact) mass is 441 g/mol. The molecule has 1 fully saturated rings. The minimum Gasteiger partial charge on any atom is -0.454 e. The molecule has 1 aliphatic rings. The van der Waals surface area contributed by atoms with Crippen molar-refractivity contribution in [3.63, 3.8) is 0 Å². The Morgan fingerprint density at radius 2 is 1.62 bits per heavy atom. The number of pyridine rings is 1. The number of hydrogen-bond donors (Lipinski definition) is 2. The summed E-state index contributed by atoms with van der Waals surface area (Å²) in [6.07, 6.45) is 1.75. The van der Waals surface area contributed by atoms with Crippen LogP contribution in [0, 0.1) is 22.9 Å². The lowest BCUT2D eigenvalue weighted by molar-refractivity contribution is -0.131. The smallest absolute Gasteiger partial charge is 0.240 e. The molecule has 1 saturated carbocycles. The van der Waals surface area contributed by atoms with E-state index < -0.39 is 46.1 Å². The number of halogens is 3. The first-order valence-corrected chi connectivity index (χ1v) is 9.50. The summed E-state index contributed by atoms with van der Waals surface area (Å²) in [6.45, 7) is 0. The van der Waals surface area contributed by atoms with Crippen molar-refractivity contribution < 1.29 is 27.5 Å². The van der Waals surface area contributed by atoms with Crippen molar-refractivity contribution in [1.82, 2.24) is 10.7 Å². The molecule has 1 radical (unpaired) electrons. The fourth-order valence-electron chi connectivity index (χ4n) is 3.01. The number of benzene rings is 2. The highest BCUT2D eigenvalue weighted by Gasteiger charge is 2.56. The van der Waals surface area contributed by atoms with Crippen LogP contribution in [0.1, 0.15) is 12.8 Å². The molecular weight excluding hydrogens is 425 g/mol. The van der Waals surface area contributed by atoms with Gasteiger partial charge >= 0.3 is 0 Å². The first-order valence-electron chi connectivity index (χ1n) is 9.50. The quantitative estimate of drug-likeness (QED) is 0.547. The topological polar surface area (TPSA) is 104 Å². The number of rotatable bonds is 6. The first-order chi connectivity index (χ1) is 15.3. The summed E-state index contributed by atoms with van der Waals surface area (Å²) < 4.78 is 47.2. The van der Waals surface area contributed by atoms with E-state index in [9.17, 15) is 22.8 Å². The van der Waals surface area contributed by atoms with Gasteiger partial charge in [-0.1, -0.05) is 0 Å². The van der Waals surface area contributed by atoms with E-state index >= 15 is 0 Å². The molecule has 1 aliphatic carbocycles. The number of nitrogens with zero attached hydrogens (tertiary/aromatic N) is 1. The number of carbonyl (C=O) groups is 2. The summed E-state index contributed by atoms with van der Waals surface area (Å²) >= 11 is 0. The Hall–Kier alpha value is -4.08. The number of amides is 2. The molecule has 32 heavy (non-hydrogen) atoms. The Morgan fingerprint density at radius 1 is 0.938 bits per heavy atom. The third kappa shape index (κ3) is 4.34. The van der Waals surface area contributed by atoms with E-state index in [4.69, 9.17) is 10.5 Å². The van der Waals surface area contributed by atoms with Crippen LogP contribution in [-0.2, 0) is 9.59 Å². The molecule has 2 amide bonds. The molecule has 0 spiro atoms. The van der Waals surface area contributed by atoms with E-state index in [2.05, 4.69) is 15.6 Å². The summed E-state index contributed by atoms with van der Waals surface area (Å²) in [7, 11) is 0. The molecule has 0 atom stereocenters. The highest BCUT2D eigenvalue weighted by molar-refractivity contribution is 6.16. The largest absolute Gasteiger partial charge is 0.454 e. The summed E-state index contributed by atoms with van der Waals surface area (Å²) in [5.41, 5.74) is 5.87. The number of aromatic nitrogens is 1. The molecule has 3 aromatic rings. The van der Waals surface area contributed by atoms with Gasteiger partial charge < -0.3 is 15.4 Å². The Labute approximate surface area is 180 Å². The van der Waals surface area contributed by atoms with Crippen molar-refractivity contribution >= 4 is 29.0 Å². The van der Waals surface area contributed by atoms with Gasteiger partial charge in [0, 0.05) is 30.1 Å². The van der Waals surface area contributed by atoms with Gasteiger partial charge in [0.1, 0.15) is 22.8 Å². The highest BCUT2D eigenvalue weighted by Crippen LogP contribution is 2.47. The molecule has 4 rings (SSSR count). The molecule has 10 heteroatoms. The van der Waals surface area contributed by atoms with Crippen LogP contribution in [-0.4, -0.2) is 16.8 Å². The lowest BCUT2D eigenvalue weighted by Gasteiger charge is -2.16. The lowest BCUT2D eigenvalue weighted by atomic mass is 10.0. The van der Waals surface area contributed by atoms with Gasteiger partial charge in [0.25, 0.3) is 0 Å². The molecule has 3 N–H and O–H groups in total. The molecule has 0 aliphatic heterocycles. The van der Waals surface area contributed by atoms with Gasteiger partial charge in [0.05, 0.1) is 5.69 Å². The van der Waals surface area contributed by atoms with Crippen LogP contribution in [0.3, 0.4) is 0 Å². The Bertz CT molecular complexity index is 1200. The maximum absolute atomic E-state index is 14.5. The molecule has 7 nitrogen and oxygen atoms in total. The molecule has 163 valence electrons. The Balaban J connectivity index is 1.47. The molecule has 0 saturated heterocycles. The second kappa shape index (κ2) is 8.22. The van der Waals surface area contributed by atoms with Crippen molar-refractivity contribution in [2.75, 3.05) is 10.6 Å². The van der Waals surface area contributed by atoms with Crippen LogP contribution in [0.4, 0.5) is 30.4 Å². The Kier molecular flexibility index (Phi) is 5.43. The number of nitrogens with one attached hydrogen (secondary N) is 3. The minimum atomic E-state index is -1.42. The zero-order valence-corrected chi connectivity index (χ0v) is 16.4. The predicted octanol–water partition coefficient (Wildman–Crippen LogP) is 4.56. The normalized spacial score (nSPS) is 13.8. The summed E-state index contributed by atoms with van der Waals surface area (Å²) in [4.78, 5) is 28.9. The van der Waals surface area contributed by atoms with E-state index in [0.717, 1.165) is 24.3 Å². The van der Waals surface area contributed by atoms with Gasteiger partial charge in [0.2, 0.25) is 11.8 Å². The average Bonchev–Trinajstić information content (AvgIpc) is 3.56.